The Bertz CT molecular complexity index is 1380. The summed E-state index contributed by atoms with van der Waals surface area (Å²) < 4.78 is 7.62. The van der Waals surface area contributed by atoms with E-state index in [9.17, 15) is 15.3 Å². The predicted molar refractivity (Wildman–Crippen MR) is 229 cm³/mol. The van der Waals surface area contributed by atoms with Gasteiger partial charge in [0, 0.05) is 16.7 Å². The molecule has 3 N–H and O–H groups in total. The molecule has 0 radical (unpaired) electrons. The second-order valence-electron chi connectivity index (χ2n) is 21.9. The normalized spacial score (nSPS) is 14.5. The Hall–Kier alpha value is -1.88. The van der Waals surface area contributed by atoms with Crippen molar-refractivity contribution in [2.75, 3.05) is 19.8 Å². The van der Waals surface area contributed by atoms with E-state index in [-0.39, 0.29) is 32.5 Å². The van der Waals surface area contributed by atoms with E-state index in [4.69, 9.17) is 4.74 Å². The van der Waals surface area contributed by atoms with Crippen molar-refractivity contribution in [1.82, 2.24) is 0 Å². The number of rotatable bonds is 17. The molecular formula is C49H84O4. The quantitative estimate of drug-likeness (QED) is 0.141. The van der Waals surface area contributed by atoms with Crippen LogP contribution in [-0.2, 0) is 32.5 Å². The minimum absolute atomic E-state index is 0.0310. The Balaban J connectivity index is 3.26. The van der Waals surface area contributed by atoms with E-state index < -0.39 is 31.3 Å². The molecule has 0 aromatic heterocycles. The number of unbranched alkanes of at least 4 members (excludes halogenated alkanes) is 4. The fourth-order valence-electron chi connectivity index (χ4n) is 7.76. The van der Waals surface area contributed by atoms with Crippen molar-refractivity contribution >= 4 is 0 Å². The zero-order valence-corrected chi connectivity index (χ0v) is 37.9. The van der Waals surface area contributed by atoms with Crippen molar-refractivity contribution in [1.29, 1.82) is 0 Å². The maximum absolute atomic E-state index is 11.3. The van der Waals surface area contributed by atoms with E-state index in [2.05, 4.69) is 149 Å². The summed E-state index contributed by atoms with van der Waals surface area (Å²) in [6.45, 7) is 39.7. The topological polar surface area (TPSA) is 69.9 Å². The zero-order chi connectivity index (χ0) is 41.0. The van der Waals surface area contributed by atoms with Gasteiger partial charge in [-0.3, -0.25) is 0 Å². The van der Waals surface area contributed by atoms with Crippen molar-refractivity contribution in [2.24, 2.45) is 5.41 Å². The molecule has 0 aliphatic carbocycles. The Morgan fingerprint density at radius 1 is 0.472 bits per heavy atom. The lowest BCUT2D eigenvalue weighted by molar-refractivity contribution is -0.0761. The summed E-state index contributed by atoms with van der Waals surface area (Å²) in [5.74, 6) is 0.798. The molecule has 1 atom stereocenters. The molecule has 0 aliphatic heterocycles. The van der Waals surface area contributed by atoms with Gasteiger partial charge in [0.1, 0.15) is 11.9 Å². The van der Waals surface area contributed by atoms with Crippen LogP contribution in [0.2, 0.25) is 0 Å². The Morgan fingerprint density at radius 3 is 1.04 bits per heavy atom. The van der Waals surface area contributed by atoms with Crippen LogP contribution in [0.4, 0.5) is 0 Å². The average molecular weight is 737 g/mol. The lowest BCUT2D eigenvalue weighted by Crippen LogP contribution is -2.45. The van der Waals surface area contributed by atoms with Crippen LogP contribution in [0, 0.1) is 5.41 Å². The Morgan fingerprint density at radius 2 is 0.774 bits per heavy atom. The van der Waals surface area contributed by atoms with Crippen molar-refractivity contribution in [3.05, 3.63) is 63.2 Å². The van der Waals surface area contributed by atoms with E-state index >= 15 is 0 Å². The third-order valence-electron chi connectivity index (χ3n) is 11.9. The standard InChI is InChI=1S/C49H84O4/c1-19-21-23-25-47(15,16)34-27-36(43(3,4)5)40(37(28-34)44(6,7)8)42(49(31-50,32-51)33-52)53-41-38(45(9,10)11)29-35(30-39(41)46(12,13)14)48(17,18)26-24-22-20-2/h27-30,42,50-52H,19-26,31-33H2,1-18H3. The molecule has 0 heterocycles. The molecule has 1 unspecified atom stereocenters. The Labute approximate surface area is 327 Å². The molecule has 4 nitrogen and oxygen atoms in total. The highest BCUT2D eigenvalue weighted by Crippen LogP contribution is 2.51. The van der Waals surface area contributed by atoms with Crippen LogP contribution >= 0.6 is 0 Å². The molecule has 304 valence electrons. The number of hydrogen-bond donors (Lipinski definition) is 3. The van der Waals surface area contributed by atoms with Crippen LogP contribution in [-0.4, -0.2) is 35.1 Å². The van der Waals surface area contributed by atoms with Crippen LogP contribution in [0.5, 0.6) is 5.75 Å². The van der Waals surface area contributed by atoms with Gasteiger partial charge in [-0.25, -0.2) is 0 Å². The first-order valence-electron chi connectivity index (χ1n) is 21.0. The van der Waals surface area contributed by atoms with E-state index in [1.54, 1.807) is 0 Å². The third-order valence-corrected chi connectivity index (χ3v) is 11.9. The van der Waals surface area contributed by atoms with Crippen molar-refractivity contribution in [2.45, 2.75) is 215 Å². The fourth-order valence-corrected chi connectivity index (χ4v) is 7.76. The summed E-state index contributed by atoms with van der Waals surface area (Å²) in [7, 11) is 0. The van der Waals surface area contributed by atoms with Gasteiger partial charge in [0.05, 0.1) is 25.2 Å². The number of aliphatic hydroxyl groups excluding tert-OH is 3. The number of aliphatic hydroxyl groups is 3. The number of benzene rings is 2. The smallest absolute Gasteiger partial charge is 0.137 e. The van der Waals surface area contributed by atoms with Gasteiger partial charge in [-0.15, -0.1) is 0 Å². The monoisotopic (exact) mass is 737 g/mol. The molecule has 2 aromatic carbocycles. The summed E-state index contributed by atoms with van der Waals surface area (Å²) in [4.78, 5) is 0. The maximum Gasteiger partial charge on any atom is 0.137 e. The summed E-state index contributed by atoms with van der Waals surface area (Å²) >= 11 is 0. The molecule has 0 saturated heterocycles. The zero-order valence-electron chi connectivity index (χ0n) is 37.9. The Kier molecular flexibility index (Phi) is 15.6. The van der Waals surface area contributed by atoms with Crippen molar-refractivity contribution in [3.8, 4) is 5.75 Å². The van der Waals surface area contributed by atoms with Crippen LogP contribution in [0.3, 0.4) is 0 Å². The number of hydrogen-bond acceptors (Lipinski definition) is 4. The van der Waals surface area contributed by atoms with E-state index in [1.807, 2.05) is 0 Å². The number of ether oxygens (including phenoxy) is 1. The summed E-state index contributed by atoms with van der Waals surface area (Å²) in [6.07, 6.45) is 8.51. The summed E-state index contributed by atoms with van der Waals surface area (Å²) in [5.41, 5.74) is 5.48. The molecule has 0 aliphatic rings. The van der Waals surface area contributed by atoms with Crippen LogP contribution in [0.25, 0.3) is 0 Å². The molecule has 4 heteroatoms. The second-order valence-corrected chi connectivity index (χ2v) is 21.9. The predicted octanol–water partition coefficient (Wildman–Crippen LogP) is 12.7. The maximum atomic E-state index is 11.3. The third kappa shape index (κ3) is 11.3. The van der Waals surface area contributed by atoms with Crippen LogP contribution < -0.4 is 4.74 Å². The SMILES string of the molecule is CCCCCC(C)(C)c1cc(C(C)(C)C)c(OC(c2c(C(C)(C)C)cc(C(C)(C)CCCCC)cc2C(C)(C)C)C(CO)(CO)CO)c(C(C)(C)C)c1. The summed E-state index contributed by atoms with van der Waals surface area (Å²) in [5, 5.41) is 33.9. The first-order chi connectivity index (χ1) is 24.1. The lowest BCUT2D eigenvalue weighted by atomic mass is 9.66. The van der Waals surface area contributed by atoms with Gasteiger partial charge in [0.25, 0.3) is 0 Å². The van der Waals surface area contributed by atoms with Gasteiger partial charge < -0.3 is 20.1 Å². The molecule has 0 saturated carbocycles. The first kappa shape index (κ1) is 47.3. The largest absolute Gasteiger partial charge is 0.484 e. The molecule has 2 rings (SSSR count). The molecular weight excluding hydrogens is 653 g/mol. The van der Waals surface area contributed by atoms with Gasteiger partial charge in [-0.05, 0) is 67.6 Å². The van der Waals surface area contributed by atoms with Crippen molar-refractivity contribution in [3.63, 3.8) is 0 Å². The molecule has 2 aromatic rings. The molecule has 0 spiro atoms. The molecule has 0 bridgehead atoms. The van der Waals surface area contributed by atoms with Gasteiger partial charge in [0.15, 0.2) is 0 Å². The highest BCUT2D eigenvalue weighted by Gasteiger charge is 2.47. The van der Waals surface area contributed by atoms with E-state index in [0.717, 1.165) is 46.4 Å². The van der Waals surface area contributed by atoms with E-state index in [0.29, 0.717) is 0 Å². The minimum atomic E-state index is -1.36. The second kappa shape index (κ2) is 17.5. The molecule has 0 amide bonds. The van der Waals surface area contributed by atoms with E-state index in [1.165, 1.54) is 49.7 Å². The first-order valence-corrected chi connectivity index (χ1v) is 21.0. The van der Waals surface area contributed by atoms with Gasteiger partial charge in [-0.2, -0.15) is 0 Å². The average Bonchev–Trinajstić information content (AvgIpc) is 3.02. The van der Waals surface area contributed by atoms with Crippen LogP contribution in [0.1, 0.15) is 221 Å². The fraction of sp³-hybridized carbons (Fsp3) is 0.755. The lowest BCUT2D eigenvalue weighted by Gasteiger charge is -2.44. The highest BCUT2D eigenvalue weighted by atomic mass is 16.5. The molecule has 53 heavy (non-hydrogen) atoms. The summed E-state index contributed by atoms with van der Waals surface area (Å²) in [6, 6.07) is 9.48. The highest BCUT2D eigenvalue weighted by molar-refractivity contribution is 5.55. The van der Waals surface area contributed by atoms with Gasteiger partial charge >= 0.3 is 0 Å². The van der Waals surface area contributed by atoms with Crippen molar-refractivity contribution < 1.29 is 20.1 Å². The van der Waals surface area contributed by atoms with Gasteiger partial charge in [0.2, 0.25) is 0 Å². The van der Waals surface area contributed by atoms with Gasteiger partial charge in [-0.1, -0.05) is 187 Å². The minimum Gasteiger partial charge on any atom is -0.484 e. The van der Waals surface area contributed by atoms with Crippen LogP contribution in [0.15, 0.2) is 24.3 Å². The molecule has 0 fully saturated rings.